The first-order valence-corrected chi connectivity index (χ1v) is 16.4. The fourth-order valence-electron chi connectivity index (χ4n) is 5.19. The molecule has 3 heterocycles. The average Bonchev–Trinajstić information content (AvgIpc) is 3.01. The number of aromatic nitrogens is 2. The fourth-order valence-corrected chi connectivity index (χ4v) is 16.4. The van der Waals surface area contributed by atoms with Crippen LogP contribution in [0.25, 0.3) is 0 Å². The van der Waals surface area contributed by atoms with Gasteiger partial charge in [0.25, 0.3) is 0 Å². The summed E-state index contributed by atoms with van der Waals surface area (Å²) in [5.74, 6) is -0.107. The topological polar surface area (TPSA) is 101 Å². The zero-order valence-electron chi connectivity index (χ0n) is 22.5. The molecule has 1 unspecified atom stereocenters. The van der Waals surface area contributed by atoms with Crippen molar-refractivity contribution in [3.63, 3.8) is 0 Å². The molecular weight excluding hydrogens is 482 g/mol. The lowest BCUT2D eigenvalue weighted by Gasteiger charge is -2.51. The van der Waals surface area contributed by atoms with Gasteiger partial charge in [-0.3, -0.25) is 9.36 Å². The summed E-state index contributed by atoms with van der Waals surface area (Å²) in [5, 5.41) is 2.53. The normalized spacial score (nSPS) is 26.2. The van der Waals surface area contributed by atoms with E-state index in [1.165, 1.54) is 11.5 Å². The molecule has 0 radical (unpaired) electrons. The lowest BCUT2D eigenvalue weighted by Crippen LogP contribution is -2.65. The Balaban J connectivity index is 2.04. The predicted octanol–water partition coefficient (Wildman–Crippen LogP) is 4.61. The number of nitrogens with one attached hydrogen (secondary N) is 1. The number of anilines is 1. The summed E-state index contributed by atoms with van der Waals surface area (Å²) in [6.07, 6.45) is -0.0842. The first-order valence-electron chi connectivity index (χ1n) is 12.5. The van der Waals surface area contributed by atoms with Crippen molar-refractivity contribution in [1.82, 2.24) is 9.55 Å². The number of hydrogen-bond acceptors (Lipinski definition) is 7. The largest absolute Gasteiger partial charge is 0.414 e. The molecule has 35 heavy (non-hydrogen) atoms. The van der Waals surface area contributed by atoms with E-state index < -0.39 is 41.2 Å². The third-order valence-electron chi connectivity index (χ3n) is 7.03. The Hall–Kier alpha value is -1.64. The van der Waals surface area contributed by atoms with Crippen molar-refractivity contribution in [3.8, 4) is 0 Å². The number of amides is 1. The van der Waals surface area contributed by atoms with Gasteiger partial charge in [-0.25, -0.2) is 4.79 Å². The van der Waals surface area contributed by atoms with Gasteiger partial charge in [0.05, 0.1) is 6.61 Å². The molecule has 1 N–H and O–H groups in total. The van der Waals surface area contributed by atoms with Crippen molar-refractivity contribution < 1.29 is 22.5 Å². The van der Waals surface area contributed by atoms with Crippen LogP contribution >= 0.6 is 0 Å². The number of rotatable bonds is 6. The number of hydrogen-bond donors (Lipinski definition) is 1. The van der Waals surface area contributed by atoms with Crippen LogP contribution in [-0.4, -0.2) is 51.4 Å². The van der Waals surface area contributed by atoms with Gasteiger partial charge in [0.1, 0.15) is 18.0 Å². The van der Waals surface area contributed by atoms with Crippen molar-refractivity contribution in [2.45, 2.75) is 103 Å². The molecule has 2 aliphatic rings. The van der Waals surface area contributed by atoms with Gasteiger partial charge in [-0.2, -0.15) is 4.98 Å². The molecule has 0 spiro atoms. The minimum atomic E-state index is -2.83. The van der Waals surface area contributed by atoms with Crippen LogP contribution in [0.3, 0.4) is 0 Å². The zero-order chi connectivity index (χ0) is 26.3. The molecule has 11 heteroatoms. The minimum Gasteiger partial charge on any atom is -0.414 e. The van der Waals surface area contributed by atoms with Crippen molar-refractivity contribution in [1.29, 1.82) is 0 Å². The number of carbonyl (C=O) groups excluding carboxylic acids is 1. The van der Waals surface area contributed by atoms with E-state index in [0.717, 1.165) is 0 Å². The SMILES string of the molecule is C=C1C(n2ccc(NC(C)=O)nc2=O)O[C@@H]2CO[Si](C(C)C)(C(C)C)O[Si](C(C)C)(C(C)C)O[C@@H]12. The standard InChI is InChI=1S/C24H41N3O6Si2/c1-14(2)34(15(3)4)30-13-20-22(32-35(33-34,16(5)6)17(7)8)18(9)23(31-20)27-12-11-21(25-19(10)28)26-24(27)29/h11-12,14-17,20,22-23H,9,13H2,1-8,10H3,(H,25,26,28,29)/t20-,22+,23?/m1/s1. The molecule has 0 aromatic carbocycles. The molecule has 196 valence electrons. The van der Waals surface area contributed by atoms with Crippen LogP contribution in [0.15, 0.2) is 29.2 Å². The number of nitrogens with zero attached hydrogens (tertiary/aromatic N) is 2. The molecule has 9 nitrogen and oxygen atoms in total. The second kappa shape index (κ2) is 10.4. The molecule has 2 aliphatic heterocycles. The van der Waals surface area contributed by atoms with Crippen LogP contribution in [0.2, 0.25) is 22.2 Å². The summed E-state index contributed by atoms with van der Waals surface area (Å²) in [4.78, 5) is 28.1. The zero-order valence-corrected chi connectivity index (χ0v) is 24.5. The van der Waals surface area contributed by atoms with Crippen LogP contribution in [0.1, 0.15) is 68.5 Å². The van der Waals surface area contributed by atoms with Crippen molar-refractivity contribution in [2.24, 2.45) is 0 Å². The summed E-state index contributed by atoms with van der Waals surface area (Å²) in [6, 6.07) is 1.57. The van der Waals surface area contributed by atoms with Gasteiger partial charge >= 0.3 is 22.8 Å². The summed E-state index contributed by atoms with van der Waals surface area (Å²) in [5.41, 5.74) is 0.879. The Morgan fingerprint density at radius 1 is 1.09 bits per heavy atom. The van der Waals surface area contributed by atoms with Crippen molar-refractivity contribution >= 4 is 28.8 Å². The van der Waals surface area contributed by atoms with Crippen LogP contribution in [0, 0.1) is 0 Å². The van der Waals surface area contributed by atoms with E-state index in [9.17, 15) is 9.59 Å². The van der Waals surface area contributed by atoms with Gasteiger partial charge in [0.2, 0.25) is 5.91 Å². The van der Waals surface area contributed by atoms with E-state index in [1.807, 2.05) is 0 Å². The van der Waals surface area contributed by atoms with Gasteiger partial charge in [-0.05, 0) is 28.2 Å². The van der Waals surface area contributed by atoms with E-state index >= 15 is 0 Å². The molecule has 3 rings (SSSR count). The quantitative estimate of drug-likeness (QED) is 0.429. The number of carbonyl (C=O) groups is 1. The molecule has 3 atom stereocenters. The summed E-state index contributed by atoms with van der Waals surface area (Å²) >= 11 is 0. The molecule has 2 fully saturated rings. The maximum atomic E-state index is 12.8. The Kier molecular flexibility index (Phi) is 8.29. The maximum Gasteiger partial charge on any atom is 0.351 e. The Bertz CT molecular complexity index is 993. The minimum absolute atomic E-state index is 0.169. The van der Waals surface area contributed by atoms with E-state index in [-0.39, 0.29) is 33.9 Å². The predicted molar refractivity (Wildman–Crippen MR) is 140 cm³/mol. The van der Waals surface area contributed by atoms with Crippen LogP contribution in [0.5, 0.6) is 0 Å². The second-order valence-corrected chi connectivity index (χ2v) is 19.6. The highest BCUT2D eigenvalue weighted by Crippen LogP contribution is 2.49. The van der Waals surface area contributed by atoms with Crippen molar-refractivity contribution in [3.05, 3.63) is 34.9 Å². The summed E-state index contributed by atoms with van der Waals surface area (Å²) < 4.78 is 28.7. The highest BCUT2D eigenvalue weighted by molar-refractivity contribution is 6.84. The van der Waals surface area contributed by atoms with Crippen molar-refractivity contribution in [2.75, 3.05) is 11.9 Å². The molecule has 1 amide bonds. The van der Waals surface area contributed by atoms with E-state index in [1.54, 1.807) is 12.3 Å². The Labute approximate surface area is 210 Å². The maximum absolute atomic E-state index is 12.8. The first kappa shape index (κ1) is 27.9. The average molecular weight is 524 g/mol. The van der Waals surface area contributed by atoms with E-state index in [4.69, 9.17) is 17.7 Å². The third-order valence-corrected chi connectivity index (χ3v) is 17.3. The number of fused-ring (bicyclic) bond motifs is 1. The van der Waals surface area contributed by atoms with Gasteiger partial charge in [-0.15, -0.1) is 0 Å². The third kappa shape index (κ3) is 5.12. The van der Waals surface area contributed by atoms with Crippen LogP contribution < -0.4 is 11.0 Å². The smallest absolute Gasteiger partial charge is 0.351 e. The molecule has 0 bridgehead atoms. The molecule has 0 saturated carbocycles. The van der Waals surface area contributed by atoms with Gasteiger partial charge in [0.15, 0.2) is 6.23 Å². The lowest BCUT2D eigenvalue weighted by molar-refractivity contribution is -0.114. The Morgan fingerprint density at radius 3 is 2.14 bits per heavy atom. The molecular formula is C24H41N3O6Si2. The summed E-state index contributed by atoms with van der Waals surface area (Å²) in [7, 11) is -5.53. The number of ether oxygens (including phenoxy) is 1. The molecule has 1 aromatic heterocycles. The highest BCUT2D eigenvalue weighted by Gasteiger charge is 2.60. The second-order valence-electron chi connectivity index (χ2n) is 10.8. The van der Waals surface area contributed by atoms with Gasteiger partial charge < -0.3 is 23.0 Å². The molecule has 2 saturated heterocycles. The highest BCUT2D eigenvalue weighted by atomic mass is 28.5. The first-order chi connectivity index (χ1) is 16.2. The van der Waals surface area contributed by atoms with Gasteiger partial charge in [-0.1, -0.05) is 62.0 Å². The Morgan fingerprint density at radius 2 is 1.66 bits per heavy atom. The summed E-state index contributed by atoms with van der Waals surface area (Å²) in [6.45, 7) is 23.3. The van der Waals surface area contributed by atoms with Crippen LogP contribution in [-0.2, 0) is 22.5 Å². The fraction of sp³-hybridized carbons (Fsp3) is 0.708. The lowest BCUT2D eigenvalue weighted by atomic mass is 10.1. The monoisotopic (exact) mass is 523 g/mol. The molecule has 0 aliphatic carbocycles. The van der Waals surface area contributed by atoms with E-state index in [2.05, 4.69) is 72.3 Å². The van der Waals surface area contributed by atoms with Gasteiger partial charge in [0, 0.05) is 18.7 Å². The molecule has 1 aromatic rings. The van der Waals surface area contributed by atoms with Crippen LogP contribution in [0.4, 0.5) is 5.82 Å². The van der Waals surface area contributed by atoms with E-state index in [0.29, 0.717) is 12.2 Å².